The maximum absolute atomic E-state index is 11.4. The van der Waals surface area contributed by atoms with Crippen molar-refractivity contribution in [2.45, 2.75) is 18.0 Å². The molecule has 2 fully saturated rings. The first-order chi connectivity index (χ1) is 14.0. The topological polar surface area (TPSA) is 95.8 Å². The van der Waals surface area contributed by atoms with Crippen LogP contribution in [0.15, 0.2) is 36.4 Å². The van der Waals surface area contributed by atoms with Gasteiger partial charge in [0.05, 0.1) is 46.6 Å². The zero-order valence-corrected chi connectivity index (χ0v) is 16.5. The van der Waals surface area contributed by atoms with Gasteiger partial charge in [-0.1, -0.05) is 6.07 Å². The zero-order chi connectivity index (χ0) is 20.6. The first-order valence-corrected chi connectivity index (χ1v) is 9.22. The Morgan fingerprint density at radius 3 is 2.31 bits per heavy atom. The summed E-state index contributed by atoms with van der Waals surface area (Å²) in [5.74, 6) is 1.51. The van der Waals surface area contributed by atoms with Gasteiger partial charge in [-0.2, -0.15) is 0 Å². The second-order valence-electron chi connectivity index (χ2n) is 7.03. The molecule has 2 heterocycles. The van der Waals surface area contributed by atoms with Crippen molar-refractivity contribution in [3.63, 3.8) is 0 Å². The van der Waals surface area contributed by atoms with E-state index >= 15 is 0 Å². The van der Waals surface area contributed by atoms with Gasteiger partial charge < -0.3 is 38.6 Å². The van der Waals surface area contributed by atoms with Crippen molar-refractivity contribution < 1.29 is 38.6 Å². The van der Waals surface area contributed by atoms with Crippen molar-refractivity contribution in [1.82, 2.24) is 0 Å². The molecule has 2 aliphatic rings. The number of aliphatic hydroxyl groups is 1. The van der Waals surface area contributed by atoms with Crippen molar-refractivity contribution in [1.29, 1.82) is 0 Å². The Morgan fingerprint density at radius 1 is 0.966 bits per heavy atom. The number of para-hydroxylation sites is 1. The molecule has 0 bridgehead atoms. The van der Waals surface area contributed by atoms with E-state index in [1.54, 1.807) is 37.4 Å². The molecule has 8 nitrogen and oxygen atoms in total. The van der Waals surface area contributed by atoms with Crippen LogP contribution < -0.4 is 18.9 Å². The highest BCUT2D eigenvalue weighted by molar-refractivity contribution is 5.51. The zero-order valence-electron chi connectivity index (χ0n) is 16.5. The van der Waals surface area contributed by atoms with E-state index < -0.39 is 23.9 Å². The fourth-order valence-corrected chi connectivity index (χ4v) is 3.95. The summed E-state index contributed by atoms with van der Waals surface area (Å²) in [6.07, 6.45) is -1.50. The van der Waals surface area contributed by atoms with Crippen molar-refractivity contribution in [2.24, 2.45) is 5.92 Å². The number of aromatic hydroxyl groups is 1. The largest absolute Gasteiger partial charge is 0.508 e. The summed E-state index contributed by atoms with van der Waals surface area (Å²) >= 11 is 0. The van der Waals surface area contributed by atoms with Crippen LogP contribution in [-0.4, -0.2) is 56.6 Å². The van der Waals surface area contributed by atoms with Crippen LogP contribution in [0.4, 0.5) is 0 Å². The summed E-state index contributed by atoms with van der Waals surface area (Å²) in [5, 5.41) is 21.3. The van der Waals surface area contributed by atoms with E-state index in [1.807, 2.05) is 0 Å². The molecule has 0 radical (unpaired) electrons. The van der Waals surface area contributed by atoms with E-state index in [9.17, 15) is 10.2 Å². The Labute approximate surface area is 168 Å². The average Bonchev–Trinajstić information content (AvgIpc) is 3.23. The molecule has 2 aromatic rings. The molecule has 2 N–H and O–H groups in total. The lowest BCUT2D eigenvalue weighted by Gasteiger charge is -2.28. The monoisotopic (exact) mass is 404 g/mol. The average molecular weight is 404 g/mol. The molecule has 2 saturated heterocycles. The number of hydrogen-bond donors (Lipinski definition) is 2. The second-order valence-corrected chi connectivity index (χ2v) is 7.03. The smallest absolute Gasteiger partial charge is 0.232 e. The highest BCUT2D eigenvalue weighted by Crippen LogP contribution is 2.51. The molecule has 4 rings (SSSR count). The minimum absolute atomic E-state index is 0.00325. The number of methoxy groups -OCH3 is 3. The molecule has 0 spiro atoms. The molecule has 2 aliphatic heterocycles. The van der Waals surface area contributed by atoms with Gasteiger partial charge >= 0.3 is 0 Å². The van der Waals surface area contributed by atoms with Gasteiger partial charge in [0, 0.05) is 5.56 Å². The SMILES string of the molecule is COc1ccc(O)cc1[C@H]1OC[C@]2(O)[C@H](Oc3c(OC)cccc3OC)OC[C@H]12. The van der Waals surface area contributed by atoms with Gasteiger partial charge in [-0.25, -0.2) is 0 Å². The molecule has 0 unspecified atom stereocenters. The van der Waals surface area contributed by atoms with Crippen molar-refractivity contribution >= 4 is 0 Å². The summed E-state index contributed by atoms with van der Waals surface area (Å²) in [6, 6.07) is 10.0. The third-order valence-electron chi connectivity index (χ3n) is 5.46. The number of ether oxygens (including phenoxy) is 6. The third-order valence-corrected chi connectivity index (χ3v) is 5.46. The van der Waals surface area contributed by atoms with Gasteiger partial charge in [0.15, 0.2) is 17.1 Å². The number of benzene rings is 2. The van der Waals surface area contributed by atoms with Gasteiger partial charge in [-0.3, -0.25) is 0 Å². The molecular formula is C21H24O8. The van der Waals surface area contributed by atoms with E-state index in [2.05, 4.69) is 0 Å². The van der Waals surface area contributed by atoms with Crippen molar-refractivity contribution in [2.75, 3.05) is 34.5 Å². The van der Waals surface area contributed by atoms with Crippen molar-refractivity contribution in [3.8, 4) is 28.7 Å². The van der Waals surface area contributed by atoms with Crippen LogP contribution >= 0.6 is 0 Å². The van der Waals surface area contributed by atoms with Gasteiger partial charge in [0.25, 0.3) is 0 Å². The Balaban J connectivity index is 1.62. The quantitative estimate of drug-likeness (QED) is 0.757. The molecule has 0 aromatic heterocycles. The van der Waals surface area contributed by atoms with Crippen LogP contribution in [0.1, 0.15) is 11.7 Å². The van der Waals surface area contributed by atoms with Gasteiger partial charge in [-0.15, -0.1) is 0 Å². The summed E-state index contributed by atoms with van der Waals surface area (Å²) in [7, 11) is 4.59. The second kappa shape index (κ2) is 7.62. The number of hydrogen-bond acceptors (Lipinski definition) is 8. The molecule has 4 atom stereocenters. The first kappa shape index (κ1) is 19.6. The van der Waals surface area contributed by atoms with E-state index in [4.69, 9.17) is 28.4 Å². The Hall–Kier alpha value is -2.68. The van der Waals surface area contributed by atoms with Gasteiger partial charge in [0.1, 0.15) is 11.5 Å². The number of phenolic OH excluding ortho intramolecular Hbond substituents is 1. The van der Waals surface area contributed by atoms with E-state index in [-0.39, 0.29) is 19.0 Å². The molecule has 29 heavy (non-hydrogen) atoms. The standard InChI is InChI=1S/C21H24O8/c1-24-15-8-7-12(22)9-13(15)18-14-10-27-20(21(14,23)11-28-18)29-19-16(25-2)5-4-6-17(19)26-3/h4-9,14,18,20,22-23H,10-11H2,1-3H3/t14-,18-,20+,21-/m1/s1. The summed E-state index contributed by atoms with van der Waals surface area (Å²) < 4.78 is 33.9. The van der Waals surface area contributed by atoms with Crippen LogP contribution in [0, 0.1) is 5.92 Å². The minimum atomic E-state index is -1.40. The minimum Gasteiger partial charge on any atom is -0.508 e. The lowest BCUT2D eigenvalue weighted by Crippen LogP contribution is -2.47. The normalized spacial score (nSPS) is 28.1. The molecule has 0 saturated carbocycles. The summed E-state index contributed by atoms with van der Waals surface area (Å²) in [4.78, 5) is 0. The fraction of sp³-hybridized carbons (Fsp3) is 0.429. The lowest BCUT2D eigenvalue weighted by molar-refractivity contribution is -0.153. The summed E-state index contributed by atoms with van der Waals surface area (Å²) in [5.41, 5.74) is -0.750. The number of phenols is 1. The Kier molecular flexibility index (Phi) is 5.16. The highest BCUT2D eigenvalue weighted by atomic mass is 16.7. The molecule has 156 valence electrons. The van der Waals surface area contributed by atoms with Crippen LogP contribution in [0.25, 0.3) is 0 Å². The summed E-state index contributed by atoms with van der Waals surface area (Å²) in [6.45, 7) is 0.214. The maximum atomic E-state index is 11.4. The molecular weight excluding hydrogens is 380 g/mol. The van der Waals surface area contributed by atoms with E-state index in [0.29, 0.717) is 28.6 Å². The lowest BCUT2D eigenvalue weighted by atomic mass is 9.85. The highest BCUT2D eigenvalue weighted by Gasteiger charge is 2.61. The molecule has 2 aromatic carbocycles. The van der Waals surface area contributed by atoms with E-state index in [0.717, 1.165) is 0 Å². The number of fused-ring (bicyclic) bond motifs is 1. The predicted octanol–water partition coefficient (Wildman–Crippen LogP) is 2.27. The number of rotatable bonds is 6. The Bertz CT molecular complexity index is 863. The van der Waals surface area contributed by atoms with E-state index in [1.165, 1.54) is 20.3 Å². The van der Waals surface area contributed by atoms with Gasteiger partial charge in [0.2, 0.25) is 12.0 Å². The van der Waals surface area contributed by atoms with Crippen LogP contribution in [0.5, 0.6) is 28.7 Å². The van der Waals surface area contributed by atoms with Crippen LogP contribution in [0.3, 0.4) is 0 Å². The predicted molar refractivity (Wildman–Crippen MR) is 102 cm³/mol. The molecule has 8 heteroatoms. The first-order valence-electron chi connectivity index (χ1n) is 9.22. The fourth-order valence-electron chi connectivity index (χ4n) is 3.95. The maximum Gasteiger partial charge on any atom is 0.232 e. The van der Waals surface area contributed by atoms with Gasteiger partial charge in [-0.05, 0) is 30.3 Å². The third kappa shape index (κ3) is 3.23. The van der Waals surface area contributed by atoms with Crippen LogP contribution in [-0.2, 0) is 9.47 Å². The molecule has 0 aliphatic carbocycles. The Morgan fingerprint density at radius 2 is 1.66 bits per heavy atom. The molecule has 0 amide bonds. The van der Waals surface area contributed by atoms with Crippen LogP contribution in [0.2, 0.25) is 0 Å². The van der Waals surface area contributed by atoms with Crippen molar-refractivity contribution in [3.05, 3.63) is 42.0 Å².